The zero-order valence-corrected chi connectivity index (χ0v) is 8.00. The Kier molecular flexibility index (Phi) is 1.77. The van der Waals surface area contributed by atoms with Gasteiger partial charge in [-0.15, -0.1) is 0 Å². The van der Waals surface area contributed by atoms with Gasteiger partial charge < -0.3 is 4.98 Å². The highest BCUT2D eigenvalue weighted by Gasteiger charge is 2.15. The summed E-state index contributed by atoms with van der Waals surface area (Å²) in [5, 5.41) is 11.5. The first-order valence-electron chi connectivity index (χ1n) is 4.33. The number of aromatic amines is 1. The minimum Gasteiger partial charge on any atom is -0.358 e. The van der Waals surface area contributed by atoms with E-state index in [0.717, 1.165) is 22.2 Å². The number of hydrogen-bond donors (Lipinski definition) is 1. The van der Waals surface area contributed by atoms with Crippen molar-refractivity contribution in [3.8, 4) is 0 Å². The third kappa shape index (κ3) is 1.08. The lowest BCUT2D eigenvalue weighted by molar-refractivity contribution is -0.383. The maximum Gasteiger partial charge on any atom is 0.279 e. The Hall–Kier alpha value is -1.84. The second-order valence-corrected chi connectivity index (χ2v) is 3.33. The van der Waals surface area contributed by atoms with Crippen molar-refractivity contribution in [2.24, 2.45) is 0 Å². The number of nitrogens with zero attached hydrogens (tertiary/aromatic N) is 1. The standard InChI is InChI=1S/C10H10N2O2/c1-6-7(2)11-8-4-3-5-9(10(6)8)12(13)14/h3-5,11H,1-2H3. The molecule has 4 nitrogen and oxygen atoms in total. The van der Waals surface area contributed by atoms with Crippen molar-refractivity contribution in [1.82, 2.24) is 4.98 Å². The van der Waals surface area contributed by atoms with Crippen molar-refractivity contribution in [2.45, 2.75) is 13.8 Å². The monoisotopic (exact) mass is 190 g/mol. The average molecular weight is 190 g/mol. The van der Waals surface area contributed by atoms with Gasteiger partial charge in [0.25, 0.3) is 5.69 Å². The van der Waals surface area contributed by atoms with Crippen molar-refractivity contribution in [1.29, 1.82) is 0 Å². The molecule has 0 unspecified atom stereocenters. The SMILES string of the molecule is Cc1[nH]c2cccc([N+](=O)[O-])c2c1C. The molecule has 0 aliphatic carbocycles. The average Bonchev–Trinajstić information content (AvgIpc) is 2.43. The summed E-state index contributed by atoms with van der Waals surface area (Å²) in [5.41, 5.74) is 2.93. The van der Waals surface area contributed by atoms with Crippen molar-refractivity contribution < 1.29 is 4.92 Å². The summed E-state index contributed by atoms with van der Waals surface area (Å²) >= 11 is 0. The van der Waals surface area contributed by atoms with Gasteiger partial charge in [0.1, 0.15) is 0 Å². The molecule has 1 aromatic carbocycles. The lowest BCUT2D eigenvalue weighted by atomic mass is 10.1. The number of H-pyrrole nitrogens is 1. The molecule has 1 aromatic heterocycles. The summed E-state index contributed by atoms with van der Waals surface area (Å²) in [7, 11) is 0. The summed E-state index contributed by atoms with van der Waals surface area (Å²) in [6.07, 6.45) is 0. The summed E-state index contributed by atoms with van der Waals surface area (Å²) < 4.78 is 0. The number of fused-ring (bicyclic) bond motifs is 1. The van der Waals surface area contributed by atoms with E-state index in [1.807, 2.05) is 19.9 Å². The van der Waals surface area contributed by atoms with Crippen LogP contribution in [0.25, 0.3) is 10.9 Å². The molecule has 0 bridgehead atoms. The fourth-order valence-electron chi connectivity index (χ4n) is 1.67. The maximum absolute atomic E-state index is 10.8. The van der Waals surface area contributed by atoms with Crippen LogP contribution in [0.4, 0.5) is 5.69 Å². The van der Waals surface area contributed by atoms with Crippen LogP contribution < -0.4 is 0 Å². The van der Waals surface area contributed by atoms with E-state index in [4.69, 9.17) is 0 Å². The van der Waals surface area contributed by atoms with Crippen LogP contribution in [-0.2, 0) is 0 Å². The van der Waals surface area contributed by atoms with E-state index < -0.39 is 0 Å². The van der Waals surface area contributed by atoms with Crippen LogP contribution in [-0.4, -0.2) is 9.91 Å². The Balaban J connectivity index is 2.91. The quantitative estimate of drug-likeness (QED) is 0.555. The molecule has 0 fully saturated rings. The van der Waals surface area contributed by atoms with E-state index in [1.54, 1.807) is 6.07 Å². The van der Waals surface area contributed by atoms with E-state index in [1.165, 1.54) is 6.07 Å². The molecule has 0 radical (unpaired) electrons. The summed E-state index contributed by atoms with van der Waals surface area (Å²) in [5.74, 6) is 0. The first-order chi connectivity index (χ1) is 6.61. The number of rotatable bonds is 1. The van der Waals surface area contributed by atoms with Crippen molar-refractivity contribution >= 4 is 16.6 Å². The predicted molar refractivity (Wildman–Crippen MR) is 54.4 cm³/mol. The molecular formula is C10H10N2O2. The molecule has 1 N–H and O–H groups in total. The van der Waals surface area contributed by atoms with Gasteiger partial charge in [-0.2, -0.15) is 0 Å². The number of non-ortho nitro benzene ring substituents is 1. The Bertz CT molecular complexity index is 514. The van der Waals surface area contributed by atoms with Gasteiger partial charge in [0, 0.05) is 11.8 Å². The Morgan fingerprint density at radius 3 is 2.71 bits per heavy atom. The molecule has 0 saturated carbocycles. The minimum atomic E-state index is -0.345. The molecule has 0 saturated heterocycles. The summed E-state index contributed by atoms with van der Waals surface area (Å²) in [4.78, 5) is 13.5. The molecular weight excluding hydrogens is 180 g/mol. The van der Waals surface area contributed by atoms with Gasteiger partial charge in [0.05, 0.1) is 15.8 Å². The summed E-state index contributed by atoms with van der Waals surface area (Å²) in [6, 6.07) is 5.07. The first kappa shape index (κ1) is 8.74. The highest BCUT2D eigenvalue weighted by Crippen LogP contribution is 2.29. The third-order valence-electron chi connectivity index (χ3n) is 2.50. The van der Waals surface area contributed by atoms with E-state index in [-0.39, 0.29) is 10.6 Å². The zero-order valence-electron chi connectivity index (χ0n) is 8.00. The van der Waals surface area contributed by atoms with Gasteiger partial charge in [0.15, 0.2) is 0 Å². The van der Waals surface area contributed by atoms with E-state index in [0.29, 0.717) is 0 Å². The molecule has 72 valence electrons. The Labute approximate surface area is 80.7 Å². The van der Waals surface area contributed by atoms with Crippen molar-refractivity contribution in [3.05, 3.63) is 39.6 Å². The van der Waals surface area contributed by atoms with Gasteiger partial charge in [0.2, 0.25) is 0 Å². The second kappa shape index (κ2) is 2.83. The largest absolute Gasteiger partial charge is 0.358 e. The fraction of sp³-hybridized carbons (Fsp3) is 0.200. The topological polar surface area (TPSA) is 58.9 Å². The number of hydrogen-bond acceptors (Lipinski definition) is 2. The number of aryl methyl sites for hydroxylation is 2. The summed E-state index contributed by atoms with van der Waals surface area (Å²) in [6.45, 7) is 3.81. The van der Waals surface area contributed by atoms with Crippen LogP contribution in [0.15, 0.2) is 18.2 Å². The lowest BCUT2D eigenvalue weighted by Gasteiger charge is -1.94. The molecule has 2 rings (SSSR count). The highest BCUT2D eigenvalue weighted by atomic mass is 16.6. The predicted octanol–water partition coefficient (Wildman–Crippen LogP) is 2.69. The molecule has 0 aliphatic heterocycles. The van der Waals surface area contributed by atoms with Gasteiger partial charge in [-0.1, -0.05) is 6.07 Å². The van der Waals surface area contributed by atoms with Gasteiger partial charge in [-0.25, -0.2) is 0 Å². The van der Waals surface area contributed by atoms with Gasteiger partial charge >= 0.3 is 0 Å². The maximum atomic E-state index is 10.8. The Morgan fingerprint density at radius 1 is 1.36 bits per heavy atom. The van der Waals surface area contributed by atoms with Crippen molar-refractivity contribution in [3.63, 3.8) is 0 Å². The molecule has 1 heterocycles. The molecule has 14 heavy (non-hydrogen) atoms. The highest BCUT2D eigenvalue weighted by molar-refractivity contribution is 5.92. The Morgan fingerprint density at radius 2 is 2.07 bits per heavy atom. The molecule has 0 spiro atoms. The molecule has 0 amide bonds. The van der Waals surface area contributed by atoms with Crippen molar-refractivity contribution in [2.75, 3.05) is 0 Å². The molecule has 0 aliphatic rings. The van der Waals surface area contributed by atoms with Crippen LogP contribution >= 0.6 is 0 Å². The van der Waals surface area contributed by atoms with E-state index in [2.05, 4.69) is 4.98 Å². The van der Waals surface area contributed by atoms with Gasteiger partial charge in [-0.3, -0.25) is 10.1 Å². The van der Waals surface area contributed by atoms with Crippen LogP contribution in [0.2, 0.25) is 0 Å². The smallest absolute Gasteiger partial charge is 0.279 e. The van der Waals surface area contributed by atoms with E-state index in [9.17, 15) is 10.1 Å². The lowest BCUT2D eigenvalue weighted by Crippen LogP contribution is -1.88. The number of nitro benzene ring substituents is 1. The molecule has 4 heteroatoms. The molecule has 2 aromatic rings. The normalized spacial score (nSPS) is 10.7. The van der Waals surface area contributed by atoms with Crippen LogP contribution in [0.3, 0.4) is 0 Å². The second-order valence-electron chi connectivity index (χ2n) is 3.33. The number of benzene rings is 1. The first-order valence-corrected chi connectivity index (χ1v) is 4.33. The van der Waals surface area contributed by atoms with Crippen LogP contribution in [0.1, 0.15) is 11.3 Å². The van der Waals surface area contributed by atoms with E-state index >= 15 is 0 Å². The van der Waals surface area contributed by atoms with Crippen LogP contribution in [0.5, 0.6) is 0 Å². The third-order valence-corrected chi connectivity index (χ3v) is 2.50. The minimum absolute atomic E-state index is 0.171. The van der Waals surface area contributed by atoms with Gasteiger partial charge in [-0.05, 0) is 25.5 Å². The fourth-order valence-corrected chi connectivity index (χ4v) is 1.67. The number of nitrogens with one attached hydrogen (secondary N) is 1. The number of nitro groups is 1. The molecule has 0 atom stereocenters. The zero-order chi connectivity index (χ0) is 10.3. The van der Waals surface area contributed by atoms with Crippen LogP contribution in [0, 0.1) is 24.0 Å². The number of aromatic nitrogens is 1.